The largest absolute Gasteiger partial charge is 0.310 e. The maximum absolute atomic E-state index is 13.0. The van der Waals surface area contributed by atoms with E-state index in [2.05, 4.69) is 15.3 Å². The van der Waals surface area contributed by atoms with Crippen molar-refractivity contribution < 1.29 is 4.39 Å². The number of nitrogens with one attached hydrogen (secondary N) is 2. The predicted molar refractivity (Wildman–Crippen MR) is 82.1 cm³/mol. The Kier molecular flexibility index (Phi) is 4.08. The van der Waals surface area contributed by atoms with Gasteiger partial charge in [0.25, 0.3) is 5.56 Å². The lowest BCUT2D eigenvalue weighted by Gasteiger charge is -2.05. The van der Waals surface area contributed by atoms with Crippen molar-refractivity contribution in [2.75, 3.05) is 6.54 Å². The van der Waals surface area contributed by atoms with Crippen LogP contribution in [0.4, 0.5) is 4.39 Å². The number of hydrogen-bond donors (Lipinski definition) is 2. The van der Waals surface area contributed by atoms with Crippen LogP contribution in [-0.2, 0) is 13.0 Å². The second-order valence-electron chi connectivity index (χ2n) is 4.70. The van der Waals surface area contributed by atoms with Crippen molar-refractivity contribution in [1.82, 2.24) is 15.3 Å². The molecular formula is C15H14FN3OS. The molecular weight excluding hydrogens is 289 g/mol. The van der Waals surface area contributed by atoms with Crippen molar-refractivity contribution in [2.45, 2.75) is 13.0 Å². The van der Waals surface area contributed by atoms with Crippen LogP contribution in [0.2, 0.25) is 0 Å². The molecule has 2 aromatic heterocycles. The van der Waals surface area contributed by atoms with Gasteiger partial charge < -0.3 is 10.3 Å². The Hall–Kier alpha value is -2.05. The first-order valence-corrected chi connectivity index (χ1v) is 7.52. The normalized spacial score (nSPS) is 11.1. The van der Waals surface area contributed by atoms with Crippen LogP contribution in [0.3, 0.4) is 0 Å². The summed E-state index contributed by atoms with van der Waals surface area (Å²) in [5.41, 5.74) is 1.57. The first-order valence-electron chi connectivity index (χ1n) is 6.64. The summed E-state index contributed by atoms with van der Waals surface area (Å²) in [7, 11) is 0. The SMILES string of the molecule is O=c1[nH]c(CNCCc2cccc(F)c2)nc2ccsc12. The lowest BCUT2D eigenvalue weighted by molar-refractivity contribution is 0.621. The number of rotatable bonds is 5. The summed E-state index contributed by atoms with van der Waals surface area (Å²) in [6.45, 7) is 1.17. The van der Waals surface area contributed by atoms with Gasteiger partial charge >= 0.3 is 0 Å². The molecule has 0 amide bonds. The van der Waals surface area contributed by atoms with Crippen LogP contribution in [0.5, 0.6) is 0 Å². The molecule has 108 valence electrons. The highest BCUT2D eigenvalue weighted by molar-refractivity contribution is 7.17. The first kappa shape index (κ1) is 13.9. The third-order valence-electron chi connectivity index (χ3n) is 3.14. The minimum absolute atomic E-state index is 0.100. The standard InChI is InChI=1S/C15H14FN3OS/c16-11-3-1-2-10(8-11)4-6-17-9-13-18-12-5-7-21-14(12)15(20)19-13/h1-3,5,7-8,17H,4,6,9H2,(H,18,19,20). The molecule has 0 fully saturated rings. The molecule has 0 unspecified atom stereocenters. The highest BCUT2D eigenvalue weighted by Gasteiger charge is 2.04. The average molecular weight is 303 g/mol. The van der Waals surface area contributed by atoms with Crippen molar-refractivity contribution in [1.29, 1.82) is 0 Å². The zero-order chi connectivity index (χ0) is 14.7. The molecule has 6 heteroatoms. The number of halogens is 1. The molecule has 3 rings (SSSR count). The predicted octanol–water partition coefficient (Wildman–Crippen LogP) is 2.46. The summed E-state index contributed by atoms with van der Waals surface area (Å²) >= 11 is 1.39. The second-order valence-corrected chi connectivity index (χ2v) is 5.62. The van der Waals surface area contributed by atoms with Crippen LogP contribution >= 0.6 is 11.3 Å². The van der Waals surface area contributed by atoms with E-state index in [4.69, 9.17) is 0 Å². The van der Waals surface area contributed by atoms with Crippen molar-refractivity contribution in [2.24, 2.45) is 0 Å². The number of aromatic nitrogens is 2. The molecule has 0 aliphatic rings. The van der Waals surface area contributed by atoms with Crippen molar-refractivity contribution in [3.63, 3.8) is 0 Å². The lowest BCUT2D eigenvalue weighted by Crippen LogP contribution is -2.21. The van der Waals surface area contributed by atoms with E-state index in [9.17, 15) is 9.18 Å². The van der Waals surface area contributed by atoms with Crippen LogP contribution in [0, 0.1) is 5.82 Å². The number of thiophene rings is 1. The van der Waals surface area contributed by atoms with Gasteiger partial charge in [0.15, 0.2) is 0 Å². The molecule has 3 aromatic rings. The Bertz CT molecular complexity index is 812. The van der Waals surface area contributed by atoms with E-state index < -0.39 is 0 Å². The molecule has 0 saturated heterocycles. The van der Waals surface area contributed by atoms with Gasteiger partial charge in [-0.05, 0) is 42.1 Å². The van der Waals surface area contributed by atoms with Gasteiger partial charge in [0.05, 0.1) is 12.1 Å². The lowest BCUT2D eigenvalue weighted by atomic mass is 10.1. The summed E-state index contributed by atoms with van der Waals surface area (Å²) < 4.78 is 13.7. The number of benzene rings is 1. The van der Waals surface area contributed by atoms with Crippen LogP contribution in [0.25, 0.3) is 10.2 Å². The van der Waals surface area contributed by atoms with Crippen molar-refractivity contribution in [3.05, 3.63) is 63.3 Å². The Morgan fingerprint density at radius 2 is 2.24 bits per heavy atom. The third-order valence-corrected chi connectivity index (χ3v) is 4.04. The number of hydrogen-bond acceptors (Lipinski definition) is 4. The second kappa shape index (κ2) is 6.15. The van der Waals surface area contributed by atoms with E-state index in [1.165, 1.54) is 23.5 Å². The van der Waals surface area contributed by atoms with Gasteiger partial charge in [0.2, 0.25) is 0 Å². The van der Waals surface area contributed by atoms with Gasteiger partial charge in [-0.25, -0.2) is 9.37 Å². The van der Waals surface area contributed by atoms with Gasteiger partial charge in [-0.15, -0.1) is 11.3 Å². The smallest absolute Gasteiger partial charge is 0.268 e. The molecule has 0 spiro atoms. The summed E-state index contributed by atoms with van der Waals surface area (Å²) in [4.78, 5) is 19.0. The van der Waals surface area contributed by atoms with Crippen LogP contribution in [-0.4, -0.2) is 16.5 Å². The number of nitrogens with zero attached hydrogens (tertiary/aromatic N) is 1. The van der Waals surface area contributed by atoms with E-state index in [1.807, 2.05) is 17.5 Å². The number of aromatic amines is 1. The van der Waals surface area contributed by atoms with Crippen LogP contribution < -0.4 is 10.9 Å². The molecule has 0 bridgehead atoms. The molecule has 0 aliphatic carbocycles. The quantitative estimate of drug-likeness (QED) is 0.712. The highest BCUT2D eigenvalue weighted by Crippen LogP contribution is 2.13. The Morgan fingerprint density at radius 1 is 1.33 bits per heavy atom. The van der Waals surface area contributed by atoms with E-state index in [0.29, 0.717) is 23.6 Å². The minimum atomic E-state index is -0.221. The highest BCUT2D eigenvalue weighted by atomic mass is 32.1. The third kappa shape index (κ3) is 3.34. The molecule has 2 heterocycles. The van der Waals surface area contributed by atoms with Gasteiger partial charge in [-0.3, -0.25) is 4.79 Å². The zero-order valence-corrected chi connectivity index (χ0v) is 12.0. The first-order chi connectivity index (χ1) is 10.2. The summed E-state index contributed by atoms with van der Waals surface area (Å²) in [6, 6.07) is 8.39. The maximum atomic E-state index is 13.0. The summed E-state index contributed by atoms with van der Waals surface area (Å²) in [6.07, 6.45) is 0.725. The average Bonchev–Trinajstić information content (AvgIpc) is 2.93. The van der Waals surface area contributed by atoms with Crippen LogP contribution in [0.1, 0.15) is 11.4 Å². The molecule has 21 heavy (non-hydrogen) atoms. The topological polar surface area (TPSA) is 57.8 Å². The van der Waals surface area contributed by atoms with Crippen LogP contribution in [0.15, 0.2) is 40.5 Å². The fraction of sp³-hybridized carbons (Fsp3) is 0.200. The summed E-state index contributed by atoms with van der Waals surface area (Å²) in [5, 5.41) is 5.06. The van der Waals surface area contributed by atoms with Crippen molar-refractivity contribution in [3.8, 4) is 0 Å². The Balaban J connectivity index is 1.58. The molecule has 1 aromatic carbocycles. The van der Waals surface area contributed by atoms with Gasteiger partial charge in [-0.1, -0.05) is 12.1 Å². The Morgan fingerprint density at radius 3 is 3.10 bits per heavy atom. The number of H-pyrrole nitrogens is 1. The number of fused-ring (bicyclic) bond motifs is 1. The molecule has 0 radical (unpaired) electrons. The maximum Gasteiger partial charge on any atom is 0.268 e. The Labute approximate surface area is 124 Å². The monoisotopic (exact) mass is 303 g/mol. The molecule has 0 aliphatic heterocycles. The minimum Gasteiger partial charge on any atom is -0.310 e. The zero-order valence-electron chi connectivity index (χ0n) is 11.2. The fourth-order valence-corrected chi connectivity index (χ4v) is 2.86. The van der Waals surface area contributed by atoms with Gasteiger partial charge in [0, 0.05) is 0 Å². The van der Waals surface area contributed by atoms with Crippen molar-refractivity contribution >= 4 is 21.6 Å². The van der Waals surface area contributed by atoms with E-state index in [0.717, 1.165) is 17.5 Å². The molecule has 0 saturated carbocycles. The molecule has 2 N–H and O–H groups in total. The fourth-order valence-electron chi connectivity index (χ4n) is 2.14. The van der Waals surface area contributed by atoms with Gasteiger partial charge in [-0.2, -0.15) is 0 Å². The van der Waals surface area contributed by atoms with Gasteiger partial charge in [0.1, 0.15) is 16.3 Å². The molecule has 0 atom stereocenters. The van der Waals surface area contributed by atoms with E-state index in [1.54, 1.807) is 6.07 Å². The van der Waals surface area contributed by atoms with E-state index >= 15 is 0 Å². The van der Waals surface area contributed by atoms with E-state index in [-0.39, 0.29) is 11.4 Å². The summed E-state index contributed by atoms with van der Waals surface area (Å²) in [5.74, 6) is 0.395. The molecule has 4 nitrogen and oxygen atoms in total.